The molecule has 20 heavy (non-hydrogen) atoms. The molecular weight excluding hydrogens is 256 g/mol. The van der Waals surface area contributed by atoms with E-state index >= 15 is 0 Å². The summed E-state index contributed by atoms with van der Waals surface area (Å²) in [5, 5.41) is 9.47. The maximum Gasteiger partial charge on any atom is 0.310 e. The summed E-state index contributed by atoms with van der Waals surface area (Å²) in [5.74, 6) is -0.799. The van der Waals surface area contributed by atoms with Gasteiger partial charge in [-0.1, -0.05) is 12.8 Å². The van der Waals surface area contributed by atoms with E-state index in [0.717, 1.165) is 38.8 Å². The van der Waals surface area contributed by atoms with E-state index < -0.39 is 11.4 Å². The van der Waals surface area contributed by atoms with Crippen LogP contribution in [-0.2, 0) is 9.59 Å². The molecule has 1 unspecified atom stereocenters. The van der Waals surface area contributed by atoms with Crippen molar-refractivity contribution < 1.29 is 14.7 Å². The summed E-state index contributed by atoms with van der Waals surface area (Å²) in [7, 11) is 3.90. The molecule has 1 aliphatic carbocycles. The highest BCUT2D eigenvalue weighted by molar-refractivity contribution is 5.85. The molecule has 0 aromatic heterocycles. The maximum atomic E-state index is 12.5. The summed E-state index contributed by atoms with van der Waals surface area (Å²) in [6, 6.07) is 0.230. The number of rotatable bonds is 4. The zero-order valence-electron chi connectivity index (χ0n) is 12.6. The molecule has 1 heterocycles. The third kappa shape index (κ3) is 3.14. The Hall–Kier alpha value is -1.10. The van der Waals surface area contributed by atoms with E-state index in [9.17, 15) is 14.7 Å². The van der Waals surface area contributed by atoms with Crippen LogP contribution in [0.5, 0.6) is 0 Å². The molecule has 1 amide bonds. The highest BCUT2D eigenvalue weighted by Gasteiger charge is 2.44. The smallest absolute Gasteiger partial charge is 0.310 e. The second kappa shape index (κ2) is 6.12. The first kappa shape index (κ1) is 15.3. The highest BCUT2D eigenvalue weighted by Crippen LogP contribution is 2.41. The van der Waals surface area contributed by atoms with Gasteiger partial charge in [-0.25, -0.2) is 0 Å². The number of likely N-dealkylation sites (tertiary alicyclic amines) is 1. The average Bonchev–Trinajstić information content (AvgIpc) is 2.87. The van der Waals surface area contributed by atoms with Crippen molar-refractivity contribution in [3.63, 3.8) is 0 Å². The quantitative estimate of drug-likeness (QED) is 0.850. The van der Waals surface area contributed by atoms with Gasteiger partial charge in [0.1, 0.15) is 0 Å². The third-order valence-corrected chi connectivity index (χ3v) is 5.04. The van der Waals surface area contributed by atoms with Gasteiger partial charge >= 0.3 is 5.97 Å². The number of likely N-dealkylation sites (N-methyl/N-ethyl adjacent to an activating group) is 2. The van der Waals surface area contributed by atoms with E-state index in [4.69, 9.17) is 0 Å². The molecule has 1 atom stereocenters. The Morgan fingerprint density at radius 1 is 1.30 bits per heavy atom. The zero-order chi connectivity index (χ0) is 14.8. The van der Waals surface area contributed by atoms with Gasteiger partial charge in [0.25, 0.3) is 0 Å². The van der Waals surface area contributed by atoms with Crippen molar-refractivity contribution in [2.75, 3.05) is 27.2 Å². The standard InChI is InChI=1S/C15H26N2O3/c1-16-9-5-6-12(11-16)17(2)13(18)10-15(14(19)20)7-3-4-8-15/h12H,3-11H2,1-2H3,(H,19,20). The van der Waals surface area contributed by atoms with Crippen LogP contribution < -0.4 is 0 Å². The number of aliphatic carboxylic acids is 1. The van der Waals surface area contributed by atoms with Crippen LogP contribution in [0.1, 0.15) is 44.9 Å². The van der Waals surface area contributed by atoms with Crippen LogP contribution in [0.3, 0.4) is 0 Å². The third-order valence-electron chi connectivity index (χ3n) is 5.04. The number of carbonyl (C=O) groups is 2. The SMILES string of the molecule is CN1CCCC(N(C)C(=O)CC2(C(=O)O)CCCC2)C1. The van der Waals surface area contributed by atoms with Crippen molar-refractivity contribution >= 4 is 11.9 Å². The molecule has 2 rings (SSSR count). The van der Waals surface area contributed by atoms with Gasteiger partial charge in [0.05, 0.1) is 5.41 Å². The van der Waals surface area contributed by atoms with Gasteiger partial charge in [0, 0.05) is 26.1 Å². The number of carboxylic acids is 1. The Balaban J connectivity index is 1.98. The van der Waals surface area contributed by atoms with Gasteiger partial charge in [0.2, 0.25) is 5.91 Å². The van der Waals surface area contributed by atoms with Crippen LogP contribution in [0.2, 0.25) is 0 Å². The van der Waals surface area contributed by atoms with E-state index in [0.29, 0.717) is 12.8 Å². The predicted octanol–water partition coefficient (Wildman–Crippen LogP) is 1.57. The van der Waals surface area contributed by atoms with Gasteiger partial charge in [-0.3, -0.25) is 9.59 Å². The van der Waals surface area contributed by atoms with Crippen molar-refractivity contribution in [1.82, 2.24) is 9.80 Å². The Bertz CT molecular complexity index is 377. The van der Waals surface area contributed by atoms with Gasteiger partial charge < -0.3 is 14.9 Å². The minimum atomic E-state index is -0.800. The first-order valence-corrected chi connectivity index (χ1v) is 7.62. The molecule has 1 saturated carbocycles. The number of carbonyl (C=O) groups excluding carboxylic acids is 1. The van der Waals surface area contributed by atoms with Crippen molar-refractivity contribution in [3.8, 4) is 0 Å². The van der Waals surface area contributed by atoms with Gasteiger partial charge in [-0.15, -0.1) is 0 Å². The number of amides is 1. The number of hydrogen-bond acceptors (Lipinski definition) is 3. The van der Waals surface area contributed by atoms with Gasteiger partial charge in [0.15, 0.2) is 0 Å². The fraction of sp³-hybridized carbons (Fsp3) is 0.867. The summed E-state index contributed by atoms with van der Waals surface area (Å²) in [6.07, 6.45) is 5.43. The van der Waals surface area contributed by atoms with Crippen molar-refractivity contribution in [2.45, 2.75) is 51.0 Å². The summed E-state index contributed by atoms with van der Waals surface area (Å²) >= 11 is 0. The number of nitrogens with zero attached hydrogens (tertiary/aromatic N) is 2. The second-order valence-electron chi connectivity index (χ2n) is 6.53. The van der Waals surface area contributed by atoms with Crippen molar-refractivity contribution in [2.24, 2.45) is 5.41 Å². The topological polar surface area (TPSA) is 60.9 Å². The molecule has 0 radical (unpaired) electrons. The second-order valence-corrected chi connectivity index (χ2v) is 6.53. The number of carboxylic acid groups (broad SMARTS) is 1. The monoisotopic (exact) mass is 282 g/mol. The van der Waals surface area contributed by atoms with Crippen LogP contribution in [0.15, 0.2) is 0 Å². The maximum absolute atomic E-state index is 12.5. The van der Waals surface area contributed by atoms with Crippen LogP contribution >= 0.6 is 0 Å². The largest absolute Gasteiger partial charge is 0.481 e. The number of piperidine rings is 1. The average molecular weight is 282 g/mol. The van der Waals surface area contributed by atoms with Crippen molar-refractivity contribution in [3.05, 3.63) is 0 Å². The van der Waals surface area contributed by atoms with Crippen molar-refractivity contribution in [1.29, 1.82) is 0 Å². The molecule has 1 aliphatic heterocycles. The predicted molar refractivity (Wildman–Crippen MR) is 76.4 cm³/mol. The van der Waals surface area contributed by atoms with Gasteiger partial charge in [-0.2, -0.15) is 0 Å². The highest BCUT2D eigenvalue weighted by atomic mass is 16.4. The lowest BCUT2D eigenvalue weighted by atomic mass is 9.82. The zero-order valence-corrected chi connectivity index (χ0v) is 12.6. The summed E-state index contributed by atoms with van der Waals surface area (Å²) in [6.45, 7) is 1.97. The molecule has 2 fully saturated rings. The summed E-state index contributed by atoms with van der Waals surface area (Å²) < 4.78 is 0. The number of hydrogen-bond donors (Lipinski definition) is 1. The molecule has 5 nitrogen and oxygen atoms in total. The molecular formula is C15H26N2O3. The van der Waals surface area contributed by atoms with E-state index in [2.05, 4.69) is 11.9 Å². The Morgan fingerprint density at radius 2 is 1.95 bits per heavy atom. The fourth-order valence-electron chi connectivity index (χ4n) is 3.59. The fourth-order valence-corrected chi connectivity index (χ4v) is 3.59. The lowest BCUT2D eigenvalue weighted by Crippen LogP contribution is -2.48. The molecule has 114 valence electrons. The Morgan fingerprint density at radius 3 is 2.50 bits per heavy atom. The van der Waals surface area contributed by atoms with E-state index in [1.165, 1.54) is 0 Å². The summed E-state index contributed by atoms with van der Waals surface area (Å²) in [4.78, 5) is 28.0. The van der Waals surface area contributed by atoms with Crippen LogP contribution in [0.25, 0.3) is 0 Å². The Labute approximate surface area is 120 Å². The first-order chi connectivity index (χ1) is 9.44. The van der Waals surface area contributed by atoms with Crippen LogP contribution in [-0.4, -0.2) is 60.0 Å². The van der Waals surface area contributed by atoms with Gasteiger partial charge in [-0.05, 0) is 39.3 Å². The van der Waals surface area contributed by atoms with E-state index in [1.54, 1.807) is 4.90 Å². The van der Waals surface area contributed by atoms with Crippen LogP contribution in [0, 0.1) is 5.41 Å². The molecule has 1 N–H and O–H groups in total. The molecule has 0 bridgehead atoms. The normalized spacial score (nSPS) is 26.4. The van der Waals surface area contributed by atoms with E-state index in [-0.39, 0.29) is 18.4 Å². The minimum Gasteiger partial charge on any atom is -0.481 e. The van der Waals surface area contributed by atoms with E-state index in [1.807, 2.05) is 7.05 Å². The van der Waals surface area contributed by atoms with Crippen LogP contribution in [0.4, 0.5) is 0 Å². The molecule has 0 aromatic carbocycles. The lowest BCUT2D eigenvalue weighted by Gasteiger charge is -2.37. The Kier molecular flexibility index (Phi) is 4.68. The molecule has 0 spiro atoms. The molecule has 1 saturated heterocycles. The molecule has 0 aromatic rings. The molecule has 2 aliphatic rings. The molecule has 5 heteroatoms. The first-order valence-electron chi connectivity index (χ1n) is 7.62. The lowest BCUT2D eigenvalue weighted by molar-refractivity contribution is -0.153. The summed E-state index contributed by atoms with van der Waals surface area (Å²) in [5.41, 5.74) is -0.800. The minimum absolute atomic E-state index is 0.00500.